The molecule has 4 rings (SSSR count). The van der Waals surface area contributed by atoms with Gasteiger partial charge in [0.25, 0.3) is 0 Å². The van der Waals surface area contributed by atoms with E-state index < -0.39 is 6.09 Å². The predicted octanol–water partition coefficient (Wildman–Crippen LogP) is 7.55. The number of anilines is 1. The molecule has 198 valence electrons. The molecule has 0 atom stereocenters. The standard InChI is InChI=1S/C30H32N2O5S/c1-18-7-8-19(2)29(13-18)38-12-11-32(30(33)34)24-14-21(4)26(15-20(24)3)37-25-9-10-31-23-17-28(36-6)27(35-5)16-22(23)25/h7-10,13-17H,11-12H2,1-6H3,(H,33,34). The number of pyridine rings is 1. The van der Waals surface area contributed by atoms with Gasteiger partial charge in [-0.2, -0.15) is 0 Å². The summed E-state index contributed by atoms with van der Waals surface area (Å²) in [6.07, 6.45) is 0.698. The van der Waals surface area contributed by atoms with Crippen molar-refractivity contribution in [3.8, 4) is 23.0 Å². The van der Waals surface area contributed by atoms with E-state index in [1.807, 2.05) is 38.1 Å². The van der Waals surface area contributed by atoms with E-state index in [1.165, 1.54) is 20.9 Å². The molecule has 0 radical (unpaired) electrons. The Hall–Kier alpha value is -3.91. The zero-order valence-electron chi connectivity index (χ0n) is 22.5. The smallest absolute Gasteiger partial charge is 0.411 e. The number of fused-ring (bicyclic) bond motifs is 1. The molecule has 4 aromatic rings. The van der Waals surface area contributed by atoms with Crippen LogP contribution in [0.4, 0.5) is 10.5 Å². The van der Waals surface area contributed by atoms with Crippen molar-refractivity contribution in [2.75, 3.05) is 31.4 Å². The van der Waals surface area contributed by atoms with Gasteiger partial charge in [-0.25, -0.2) is 4.79 Å². The molecule has 0 aliphatic carbocycles. The van der Waals surface area contributed by atoms with E-state index in [1.54, 1.807) is 38.2 Å². The first-order chi connectivity index (χ1) is 18.2. The summed E-state index contributed by atoms with van der Waals surface area (Å²) in [5, 5.41) is 10.8. The summed E-state index contributed by atoms with van der Waals surface area (Å²) in [5.74, 6) is 3.07. The number of aromatic nitrogens is 1. The molecule has 0 saturated carbocycles. The molecule has 0 spiro atoms. The Bertz CT molecular complexity index is 1490. The summed E-state index contributed by atoms with van der Waals surface area (Å²) in [5.41, 5.74) is 5.37. The van der Waals surface area contributed by atoms with Crippen molar-refractivity contribution in [2.45, 2.75) is 32.6 Å². The topological polar surface area (TPSA) is 81.1 Å². The van der Waals surface area contributed by atoms with Crippen LogP contribution in [0.25, 0.3) is 10.9 Å². The summed E-state index contributed by atoms with van der Waals surface area (Å²) in [6, 6.07) is 15.5. The number of hydrogen-bond acceptors (Lipinski definition) is 6. The second kappa shape index (κ2) is 11.6. The maximum absolute atomic E-state index is 12.2. The Morgan fingerprint density at radius 2 is 1.61 bits per heavy atom. The van der Waals surface area contributed by atoms with Gasteiger partial charge in [-0.3, -0.25) is 9.88 Å². The lowest BCUT2D eigenvalue weighted by molar-refractivity contribution is 0.202. The van der Waals surface area contributed by atoms with E-state index in [4.69, 9.17) is 14.2 Å². The van der Waals surface area contributed by atoms with Crippen LogP contribution in [0.15, 0.2) is 59.6 Å². The van der Waals surface area contributed by atoms with Gasteiger partial charge in [-0.05, 0) is 74.7 Å². The summed E-state index contributed by atoms with van der Waals surface area (Å²) in [6.45, 7) is 8.31. The quantitative estimate of drug-likeness (QED) is 0.223. The minimum Gasteiger partial charge on any atom is -0.493 e. The van der Waals surface area contributed by atoms with Gasteiger partial charge in [0, 0.05) is 34.8 Å². The van der Waals surface area contributed by atoms with Gasteiger partial charge in [0.2, 0.25) is 0 Å². The molecule has 7 nitrogen and oxygen atoms in total. The Balaban J connectivity index is 1.58. The van der Waals surface area contributed by atoms with Crippen LogP contribution in [0.2, 0.25) is 0 Å². The third-order valence-corrected chi connectivity index (χ3v) is 7.50. The highest BCUT2D eigenvalue weighted by molar-refractivity contribution is 7.99. The Kier molecular flexibility index (Phi) is 8.32. The fourth-order valence-corrected chi connectivity index (χ4v) is 5.32. The number of methoxy groups -OCH3 is 2. The fraction of sp³-hybridized carbons (Fsp3) is 0.267. The molecule has 3 aromatic carbocycles. The number of amides is 1. The molecule has 8 heteroatoms. The maximum Gasteiger partial charge on any atom is 0.411 e. The van der Waals surface area contributed by atoms with Crippen molar-refractivity contribution in [3.05, 3.63) is 77.0 Å². The van der Waals surface area contributed by atoms with Gasteiger partial charge >= 0.3 is 6.09 Å². The van der Waals surface area contributed by atoms with E-state index >= 15 is 0 Å². The molecular formula is C30H32N2O5S. The van der Waals surface area contributed by atoms with Gasteiger partial charge in [0.15, 0.2) is 11.5 Å². The monoisotopic (exact) mass is 532 g/mol. The molecule has 0 aliphatic heterocycles. The fourth-order valence-electron chi connectivity index (χ4n) is 4.26. The largest absolute Gasteiger partial charge is 0.493 e. The molecule has 0 saturated heterocycles. The summed E-state index contributed by atoms with van der Waals surface area (Å²) in [7, 11) is 3.17. The Morgan fingerprint density at radius 1 is 0.868 bits per heavy atom. The van der Waals surface area contributed by atoms with Crippen molar-refractivity contribution in [1.82, 2.24) is 4.98 Å². The number of hydrogen-bond donors (Lipinski definition) is 1. The number of nitrogens with zero attached hydrogens (tertiary/aromatic N) is 2. The molecule has 1 aromatic heterocycles. The molecule has 0 unspecified atom stereocenters. The minimum atomic E-state index is -0.982. The van der Waals surface area contributed by atoms with E-state index in [9.17, 15) is 9.90 Å². The van der Waals surface area contributed by atoms with Gasteiger partial charge in [0.1, 0.15) is 11.5 Å². The van der Waals surface area contributed by atoms with E-state index in [0.29, 0.717) is 46.5 Å². The highest BCUT2D eigenvalue weighted by atomic mass is 32.2. The third-order valence-electron chi connectivity index (χ3n) is 6.36. The first-order valence-corrected chi connectivity index (χ1v) is 13.2. The number of aryl methyl sites for hydroxylation is 4. The van der Waals surface area contributed by atoms with Crippen LogP contribution in [-0.4, -0.2) is 42.7 Å². The van der Waals surface area contributed by atoms with Crippen molar-refractivity contribution >= 4 is 34.4 Å². The molecular weight excluding hydrogens is 500 g/mol. The summed E-state index contributed by atoms with van der Waals surface area (Å²) >= 11 is 1.67. The highest BCUT2D eigenvalue weighted by Crippen LogP contribution is 2.39. The lowest BCUT2D eigenvalue weighted by atomic mass is 10.1. The lowest BCUT2D eigenvalue weighted by Gasteiger charge is -2.23. The SMILES string of the molecule is COc1cc2nccc(Oc3cc(C)c(N(CCSc4cc(C)ccc4C)C(=O)O)cc3C)c2cc1OC. The normalized spacial score (nSPS) is 10.9. The number of benzene rings is 3. The highest BCUT2D eigenvalue weighted by Gasteiger charge is 2.19. The average Bonchev–Trinajstić information content (AvgIpc) is 2.89. The van der Waals surface area contributed by atoms with Crippen molar-refractivity contribution in [2.24, 2.45) is 0 Å². The maximum atomic E-state index is 12.2. The van der Waals surface area contributed by atoms with E-state index in [0.717, 1.165) is 16.5 Å². The molecule has 0 fully saturated rings. The first kappa shape index (κ1) is 27.1. The third kappa shape index (κ3) is 5.81. The minimum absolute atomic E-state index is 0.366. The van der Waals surface area contributed by atoms with E-state index in [2.05, 4.69) is 37.0 Å². The van der Waals surface area contributed by atoms with Gasteiger partial charge in [-0.1, -0.05) is 17.7 Å². The van der Waals surface area contributed by atoms with Crippen molar-refractivity contribution < 1.29 is 24.1 Å². The summed E-state index contributed by atoms with van der Waals surface area (Å²) < 4.78 is 17.2. The number of carboxylic acid groups (broad SMARTS) is 1. The van der Waals surface area contributed by atoms with Crippen LogP contribution in [0.1, 0.15) is 22.3 Å². The second-order valence-corrected chi connectivity index (χ2v) is 10.2. The molecule has 0 bridgehead atoms. The number of rotatable bonds is 9. The summed E-state index contributed by atoms with van der Waals surface area (Å²) in [4.78, 5) is 19.2. The molecule has 0 aliphatic rings. The van der Waals surface area contributed by atoms with Crippen LogP contribution in [0, 0.1) is 27.7 Å². The van der Waals surface area contributed by atoms with Crippen LogP contribution in [0.3, 0.4) is 0 Å². The van der Waals surface area contributed by atoms with Gasteiger partial charge in [-0.15, -0.1) is 11.8 Å². The van der Waals surface area contributed by atoms with Crippen LogP contribution < -0.4 is 19.1 Å². The average molecular weight is 533 g/mol. The molecule has 38 heavy (non-hydrogen) atoms. The van der Waals surface area contributed by atoms with E-state index in [-0.39, 0.29) is 0 Å². The van der Waals surface area contributed by atoms with Crippen molar-refractivity contribution in [3.63, 3.8) is 0 Å². The number of carbonyl (C=O) groups is 1. The molecule has 1 amide bonds. The van der Waals surface area contributed by atoms with Crippen LogP contribution >= 0.6 is 11.8 Å². The Labute approximate surface area is 227 Å². The first-order valence-electron chi connectivity index (χ1n) is 12.2. The number of ether oxygens (including phenoxy) is 3. The number of thioether (sulfide) groups is 1. The lowest BCUT2D eigenvalue weighted by Crippen LogP contribution is -2.32. The van der Waals surface area contributed by atoms with Crippen LogP contribution in [-0.2, 0) is 0 Å². The zero-order valence-corrected chi connectivity index (χ0v) is 23.3. The Morgan fingerprint density at radius 3 is 2.32 bits per heavy atom. The molecule has 1 heterocycles. The van der Waals surface area contributed by atoms with Crippen LogP contribution in [0.5, 0.6) is 23.0 Å². The van der Waals surface area contributed by atoms with Gasteiger partial charge < -0.3 is 19.3 Å². The molecule has 1 N–H and O–H groups in total. The van der Waals surface area contributed by atoms with Gasteiger partial charge in [0.05, 0.1) is 25.4 Å². The second-order valence-electron chi connectivity index (χ2n) is 9.09. The predicted molar refractivity (Wildman–Crippen MR) is 153 cm³/mol. The zero-order chi connectivity index (χ0) is 27.4. The van der Waals surface area contributed by atoms with Crippen molar-refractivity contribution in [1.29, 1.82) is 0 Å².